The summed E-state index contributed by atoms with van der Waals surface area (Å²) in [5, 5.41) is 3.53. The molecule has 0 unspecified atom stereocenters. The van der Waals surface area contributed by atoms with Gasteiger partial charge in [0.15, 0.2) is 0 Å². The van der Waals surface area contributed by atoms with Gasteiger partial charge in [0.05, 0.1) is 11.4 Å². The van der Waals surface area contributed by atoms with Gasteiger partial charge in [-0.25, -0.2) is 4.98 Å². The lowest BCUT2D eigenvalue weighted by Crippen LogP contribution is -2.23. The van der Waals surface area contributed by atoms with E-state index in [0.717, 1.165) is 53.2 Å². The predicted molar refractivity (Wildman–Crippen MR) is 145 cm³/mol. The molecule has 0 bridgehead atoms. The lowest BCUT2D eigenvalue weighted by Gasteiger charge is -2.19. The molecule has 2 heterocycles. The average Bonchev–Trinajstić information content (AvgIpc) is 2.82. The zero-order valence-corrected chi connectivity index (χ0v) is 21.8. The average molecular weight is 471 g/mol. The standard InChI is InChI=1S/C30H38N4O/c1-20-15-21(2)32-30(35)27(20)18-31-17-26-16-28(24-13-11-23(12-14-24)19-34(4)5)33-29(22(26)3)25-9-7-6-8-10-25/h9,11-16,31H,6-8,10,17-19H2,1-5H3,(H,32,35). The molecule has 5 nitrogen and oxygen atoms in total. The van der Waals surface area contributed by atoms with Crippen LogP contribution in [-0.2, 0) is 19.6 Å². The minimum Gasteiger partial charge on any atom is -0.326 e. The smallest absolute Gasteiger partial charge is 0.252 e. The Bertz CT molecular complexity index is 1270. The number of rotatable bonds is 8. The van der Waals surface area contributed by atoms with Crippen molar-refractivity contribution in [2.24, 2.45) is 0 Å². The van der Waals surface area contributed by atoms with Crippen LogP contribution in [0, 0.1) is 20.8 Å². The van der Waals surface area contributed by atoms with Crippen molar-refractivity contribution in [2.75, 3.05) is 14.1 Å². The van der Waals surface area contributed by atoms with Crippen LogP contribution in [0.5, 0.6) is 0 Å². The minimum atomic E-state index is -0.00648. The fourth-order valence-electron chi connectivity index (χ4n) is 4.93. The van der Waals surface area contributed by atoms with Crippen molar-refractivity contribution in [3.05, 3.63) is 92.0 Å². The second kappa shape index (κ2) is 11.1. The third-order valence-electron chi connectivity index (χ3n) is 6.83. The molecular weight excluding hydrogens is 432 g/mol. The van der Waals surface area contributed by atoms with Gasteiger partial charge >= 0.3 is 0 Å². The van der Waals surface area contributed by atoms with E-state index in [1.165, 1.54) is 35.1 Å². The minimum absolute atomic E-state index is 0.00648. The second-order valence-corrected chi connectivity index (χ2v) is 10.1. The van der Waals surface area contributed by atoms with Gasteiger partial charge in [-0.05, 0) is 101 Å². The first kappa shape index (κ1) is 25.1. The van der Waals surface area contributed by atoms with Gasteiger partial charge in [0.1, 0.15) is 0 Å². The number of aromatic amines is 1. The van der Waals surface area contributed by atoms with Crippen LogP contribution in [0.3, 0.4) is 0 Å². The Kier molecular flexibility index (Phi) is 7.99. The number of benzene rings is 1. The van der Waals surface area contributed by atoms with Crippen molar-refractivity contribution in [1.29, 1.82) is 0 Å². The monoisotopic (exact) mass is 470 g/mol. The SMILES string of the molecule is Cc1cc(C)c(CNCc2cc(-c3ccc(CN(C)C)cc3)nc(C3=CCCCC3)c2C)c(=O)[nH]1. The van der Waals surface area contributed by atoms with Crippen LogP contribution in [0.25, 0.3) is 16.8 Å². The third kappa shape index (κ3) is 6.16. The molecule has 5 heteroatoms. The van der Waals surface area contributed by atoms with Gasteiger partial charge in [-0.1, -0.05) is 30.3 Å². The van der Waals surface area contributed by atoms with Gasteiger partial charge in [0.25, 0.3) is 5.56 Å². The first-order valence-corrected chi connectivity index (χ1v) is 12.7. The number of hydrogen-bond acceptors (Lipinski definition) is 4. The van der Waals surface area contributed by atoms with Crippen LogP contribution in [-0.4, -0.2) is 29.0 Å². The third-order valence-corrected chi connectivity index (χ3v) is 6.83. The van der Waals surface area contributed by atoms with E-state index in [9.17, 15) is 4.79 Å². The molecular formula is C30H38N4O. The molecule has 0 saturated heterocycles. The maximum absolute atomic E-state index is 12.4. The lowest BCUT2D eigenvalue weighted by molar-refractivity contribution is 0.402. The fraction of sp³-hybridized carbons (Fsp3) is 0.400. The van der Waals surface area contributed by atoms with E-state index in [-0.39, 0.29) is 5.56 Å². The summed E-state index contributed by atoms with van der Waals surface area (Å²) in [5.74, 6) is 0. The Morgan fingerprint density at radius 3 is 2.46 bits per heavy atom. The zero-order chi connectivity index (χ0) is 24.9. The molecule has 0 spiro atoms. The van der Waals surface area contributed by atoms with Crippen LogP contribution in [0.4, 0.5) is 0 Å². The quantitative estimate of drug-likeness (QED) is 0.445. The first-order chi connectivity index (χ1) is 16.8. The van der Waals surface area contributed by atoms with Gasteiger partial charge in [-0.15, -0.1) is 0 Å². The summed E-state index contributed by atoms with van der Waals surface area (Å²) in [6.07, 6.45) is 7.07. The molecule has 4 rings (SSSR count). The molecule has 0 aliphatic heterocycles. The Labute approximate surface area is 209 Å². The van der Waals surface area contributed by atoms with Crippen LogP contribution in [0.2, 0.25) is 0 Å². The summed E-state index contributed by atoms with van der Waals surface area (Å²) in [6.45, 7) is 8.25. The van der Waals surface area contributed by atoms with E-state index in [1.807, 2.05) is 19.9 Å². The Balaban J connectivity index is 1.64. The van der Waals surface area contributed by atoms with Crippen molar-refractivity contribution < 1.29 is 0 Å². The molecule has 35 heavy (non-hydrogen) atoms. The highest BCUT2D eigenvalue weighted by atomic mass is 16.1. The molecule has 2 aromatic heterocycles. The lowest BCUT2D eigenvalue weighted by atomic mass is 9.92. The number of aryl methyl sites for hydroxylation is 2. The summed E-state index contributed by atoms with van der Waals surface area (Å²) in [6, 6.07) is 13.0. The first-order valence-electron chi connectivity index (χ1n) is 12.7. The predicted octanol–water partition coefficient (Wildman–Crippen LogP) is 5.67. The number of hydrogen-bond donors (Lipinski definition) is 2. The van der Waals surface area contributed by atoms with Crippen LogP contribution < -0.4 is 10.9 Å². The summed E-state index contributed by atoms with van der Waals surface area (Å²) < 4.78 is 0. The van der Waals surface area contributed by atoms with E-state index in [0.29, 0.717) is 13.1 Å². The maximum Gasteiger partial charge on any atom is 0.252 e. The molecule has 0 saturated carbocycles. The number of allylic oxidation sites excluding steroid dienone is 2. The number of aromatic nitrogens is 2. The molecule has 1 aromatic carbocycles. The molecule has 3 aromatic rings. The van der Waals surface area contributed by atoms with Gasteiger partial charge in [-0.3, -0.25) is 4.79 Å². The Morgan fingerprint density at radius 2 is 1.80 bits per heavy atom. The van der Waals surface area contributed by atoms with E-state index in [1.54, 1.807) is 0 Å². The topological polar surface area (TPSA) is 61.0 Å². The maximum atomic E-state index is 12.4. The van der Waals surface area contributed by atoms with Gasteiger partial charge < -0.3 is 15.2 Å². The normalized spacial score (nSPS) is 13.8. The highest BCUT2D eigenvalue weighted by Crippen LogP contribution is 2.32. The van der Waals surface area contributed by atoms with Gasteiger partial charge in [-0.2, -0.15) is 0 Å². The molecule has 0 amide bonds. The highest BCUT2D eigenvalue weighted by molar-refractivity contribution is 5.71. The zero-order valence-electron chi connectivity index (χ0n) is 21.8. The molecule has 2 N–H and O–H groups in total. The molecule has 184 valence electrons. The summed E-state index contributed by atoms with van der Waals surface area (Å²) in [5.41, 5.74) is 11.1. The van der Waals surface area contributed by atoms with Crippen LogP contribution in [0.1, 0.15) is 64.9 Å². The van der Waals surface area contributed by atoms with E-state index < -0.39 is 0 Å². The highest BCUT2D eigenvalue weighted by Gasteiger charge is 2.16. The van der Waals surface area contributed by atoms with Crippen LogP contribution >= 0.6 is 0 Å². The van der Waals surface area contributed by atoms with Crippen molar-refractivity contribution in [1.82, 2.24) is 20.2 Å². The summed E-state index contributed by atoms with van der Waals surface area (Å²) in [4.78, 5) is 22.7. The summed E-state index contributed by atoms with van der Waals surface area (Å²) in [7, 11) is 4.18. The number of nitrogens with one attached hydrogen (secondary N) is 2. The number of H-pyrrole nitrogens is 1. The van der Waals surface area contributed by atoms with Crippen molar-refractivity contribution >= 4 is 5.57 Å². The van der Waals surface area contributed by atoms with Gasteiger partial charge in [0.2, 0.25) is 0 Å². The second-order valence-electron chi connectivity index (χ2n) is 10.1. The number of nitrogens with zero attached hydrogens (tertiary/aromatic N) is 2. The Morgan fingerprint density at radius 1 is 1.03 bits per heavy atom. The molecule has 1 aliphatic carbocycles. The van der Waals surface area contributed by atoms with Crippen molar-refractivity contribution in [3.63, 3.8) is 0 Å². The largest absolute Gasteiger partial charge is 0.326 e. The van der Waals surface area contributed by atoms with E-state index >= 15 is 0 Å². The van der Waals surface area contributed by atoms with E-state index in [2.05, 4.69) is 72.6 Å². The molecule has 0 radical (unpaired) electrons. The number of pyridine rings is 2. The molecule has 0 atom stereocenters. The summed E-state index contributed by atoms with van der Waals surface area (Å²) >= 11 is 0. The van der Waals surface area contributed by atoms with Crippen molar-refractivity contribution in [2.45, 2.75) is 66.1 Å². The fourth-order valence-corrected chi connectivity index (χ4v) is 4.93. The van der Waals surface area contributed by atoms with E-state index in [4.69, 9.17) is 4.98 Å². The van der Waals surface area contributed by atoms with Gasteiger partial charge in [0, 0.05) is 36.5 Å². The van der Waals surface area contributed by atoms with Crippen molar-refractivity contribution in [3.8, 4) is 11.3 Å². The Hall–Kier alpha value is -3.02. The molecule has 0 fully saturated rings. The molecule has 1 aliphatic rings. The van der Waals surface area contributed by atoms with Crippen LogP contribution in [0.15, 0.2) is 47.3 Å².